The van der Waals surface area contributed by atoms with E-state index in [0.717, 1.165) is 24.2 Å². The maximum absolute atomic E-state index is 12.5. The zero-order chi connectivity index (χ0) is 22.5. The molecule has 0 spiro atoms. The molecule has 6 heteroatoms. The normalized spacial score (nSPS) is 13.2. The van der Waals surface area contributed by atoms with Crippen LogP contribution in [0, 0.1) is 0 Å². The van der Waals surface area contributed by atoms with E-state index >= 15 is 0 Å². The average Bonchev–Trinajstić information content (AvgIpc) is 3.24. The molecule has 2 amide bonds. The summed E-state index contributed by atoms with van der Waals surface area (Å²) in [5, 5.41) is 5.48. The number of nitrogens with one attached hydrogen (secondary N) is 2. The average molecular weight is 429 g/mol. The van der Waals surface area contributed by atoms with Gasteiger partial charge < -0.3 is 20.4 Å². The maximum atomic E-state index is 12.5. The third kappa shape index (κ3) is 4.75. The van der Waals surface area contributed by atoms with Crippen LogP contribution in [0.3, 0.4) is 0 Å². The van der Waals surface area contributed by atoms with Gasteiger partial charge in [0.15, 0.2) is 0 Å². The van der Waals surface area contributed by atoms with Crippen molar-refractivity contribution < 1.29 is 9.59 Å². The second-order valence-electron chi connectivity index (χ2n) is 8.10. The lowest BCUT2D eigenvalue weighted by Crippen LogP contribution is -2.41. The molecule has 2 N–H and O–H groups in total. The molecule has 4 rings (SSSR count). The van der Waals surface area contributed by atoms with Crippen LogP contribution in [-0.2, 0) is 16.0 Å². The van der Waals surface area contributed by atoms with Crippen molar-refractivity contribution >= 4 is 28.9 Å². The lowest BCUT2D eigenvalue weighted by atomic mass is 10.0. The number of amides is 2. The quantitative estimate of drug-likeness (QED) is 0.589. The molecular weight excluding hydrogens is 400 g/mol. The largest absolute Gasteiger partial charge is 0.378 e. The zero-order valence-corrected chi connectivity index (χ0v) is 18.4. The number of rotatable bonds is 6. The Morgan fingerprint density at radius 2 is 1.59 bits per heavy atom. The lowest BCUT2D eigenvalue weighted by Gasteiger charge is -2.31. The van der Waals surface area contributed by atoms with Gasteiger partial charge in [-0.15, -0.1) is 0 Å². The van der Waals surface area contributed by atoms with Crippen LogP contribution in [0.25, 0.3) is 0 Å². The Morgan fingerprint density at radius 1 is 0.906 bits per heavy atom. The standard InChI is InChI=1S/C26H28N4O2/c1-29(2)22-14-12-20(13-15-22)24(30-17-16-19-8-6-7-11-23(19)30)18-27-25(31)26(32)28-21-9-4-3-5-10-21/h3-15,24H,16-18H2,1-2H3,(H,27,31)(H,28,32)/t24-/m1/s1. The Morgan fingerprint density at radius 3 is 2.31 bits per heavy atom. The summed E-state index contributed by atoms with van der Waals surface area (Å²) in [5.41, 5.74) is 5.28. The first kappa shape index (κ1) is 21.4. The van der Waals surface area contributed by atoms with E-state index in [4.69, 9.17) is 0 Å². The van der Waals surface area contributed by atoms with Crippen molar-refractivity contribution in [2.75, 3.05) is 42.3 Å². The molecule has 0 saturated carbocycles. The van der Waals surface area contributed by atoms with E-state index in [1.807, 2.05) is 38.4 Å². The molecule has 6 nitrogen and oxygen atoms in total. The topological polar surface area (TPSA) is 64.7 Å². The molecule has 1 atom stereocenters. The van der Waals surface area contributed by atoms with Crippen molar-refractivity contribution in [1.29, 1.82) is 0 Å². The Balaban J connectivity index is 1.52. The smallest absolute Gasteiger partial charge is 0.313 e. The molecule has 3 aromatic rings. The van der Waals surface area contributed by atoms with Crippen LogP contribution in [-0.4, -0.2) is 39.0 Å². The molecule has 0 bridgehead atoms. The molecule has 164 valence electrons. The Hall–Kier alpha value is -3.80. The second-order valence-corrected chi connectivity index (χ2v) is 8.10. The van der Waals surface area contributed by atoms with Crippen LogP contribution in [0.4, 0.5) is 17.1 Å². The molecule has 1 aliphatic heterocycles. The highest BCUT2D eigenvalue weighted by molar-refractivity contribution is 6.39. The van der Waals surface area contributed by atoms with Gasteiger partial charge in [-0.1, -0.05) is 48.5 Å². The summed E-state index contributed by atoms with van der Waals surface area (Å²) < 4.78 is 0. The highest BCUT2D eigenvalue weighted by atomic mass is 16.2. The fourth-order valence-corrected chi connectivity index (χ4v) is 4.07. The third-order valence-electron chi connectivity index (χ3n) is 5.79. The van der Waals surface area contributed by atoms with Crippen LogP contribution in [0.5, 0.6) is 0 Å². The summed E-state index contributed by atoms with van der Waals surface area (Å²) in [6, 6.07) is 25.6. The summed E-state index contributed by atoms with van der Waals surface area (Å²) in [7, 11) is 4.02. The minimum Gasteiger partial charge on any atom is -0.378 e. The third-order valence-corrected chi connectivity index (χ3v) is 5.79. The lowest BCUT2D eigenvalue weighted by molar-refractivity contribution is -0.136. The number of nitrogens with zero attached hydrogens (tertiary/aromatic N) is 2. The molecule has 32 heavy (non-hydrogen) atoms. The maximum Gasteiger partial charge on any atom is 0.313 e. The fraction of sp³-hybridized carbons (Fsp3) is 0.231. The van der Waals surface area contributed by atoms with E-state index in [1.54, 1.807) is 12.1 Å². The van der Waals surface area contributed by atoms with E-state index < -0.39 is 11.8 Å². The van der Waals surface area contributed by atoms with Gasteiger partial charge in [0.25, 0.3) is 0 Å². The van der Waals surface area contributed by atoms with Crippen LogP contribution in [0.2, 0.25) is 0 Å². The highest BCUT2D eigenvalue weighted by Crippen LogP contribution is 2.35. The molecule has 1 heterocycles. The van der Waals surface area contributed by atoms with Gasteiger partial charge in [-0.3, -0.25) is 9.59 Å². The molecule has 0 unspecified atom stereocenters. The van der Waals surface area contributed by atoms with Crippen LogP contribution < -0.4 is 20.4 Å². The number of carbonyl (C=O) groups is 2. The molecule has 1 aliphatic rings. The number of fused-ring (bicyclic) bond motifs is 1. The summed E-state index contributed by atoms with van der Waals surface area (Å²) >= 11 is 0. The van der Waals surface area contributed by atoms with Gasteiger partial charge >= 0.3 is 11.8 Å². The van der Waals surface area contributed by atoms with E-state index in [9.17, 15) is 9.59 Å². The van der Waals surface area contributed by atoms with Crippen molar-refractivity contribution in [3.63, 3.8) is 0 Å². The van der Waals surface area contributed by atoms with Gasteiger partial charge in [-0.2, -0.15) is 0 Å². The summed E-state index contributed by atoms with van der Waals surface area (Å²) in [4.78, 5) is 29.3. The van der Waals surface area contributed by atoms with Crippen molar-refractivity contribution in [3.05, 3.63) is 90.0 Å². The van der Waals surface area contributed by atoms with Gasteiger partial charge in [-0.05, 0) is 47.9 Å². The zero-order valence-electron chi connectivity index (χ0n) is 18.4. The van der Waals surface area contributed by atoms with Gasteiger partial charge in [-0.25, -0.2) is 0 Å². The Kier molecular flexibility index (Phi) is 6.40. The SMILES string of the molecule is CN(C)c1ccc([C@@H](CNC(=O)C(=O)Nc2ccccc2)N2CCc3ccccc32)cc1. The number of hydrogen-bond acceptors (Lipinski definition) is 4. The van der Waals surface area contributed by atoms with Crippen LogP contribution in [0.1, 0.15) is 17.2 Å². The molecule has 0 fully saturated rings. The van der Waals surface area contributed by atoms with Gasteiger partial charge in [0.05, 0.1) is 6.04 Å². The fourth-order valence-electron chi connectivity index (χ4n) is 4.07. The van der Waals surface area contributed by atoms with Gasteiger partial charge in [0.1, 0.15) is 0 Å². The van der Waals surface area contributed by atoms with Crippen LogP contribution in [0.15, 0.2) is 78.9 Å². The van der Waals surface area contributed by atoms with Gasteiger partial charge in [0, 0.05) is 44.2 Å². The molecule has 0 aliphatic carbocycles. The summed E-state index contributed by atoms with van der Waals surface area (Å²) in [6.07, 6.45) is 0.963. The summed E-state index contributed by atoms with van der Waals surface area (Å²) in [5.74, 6) is -1.31. The van der Waals surface area contributed by atoms with E-state index in [0.29, 0.717) is 12.2 Å². The van der Waals surface area contributed by atoms with E-state index in [2.05, 4.69) is 62.9 Å². The first-order valence-electron chi connectivity index (χ1n) is 10.8. The van der Waals surface area contributed by atoms with Crippen molar-refractivity contribution in [2.24, 2.45) is 0 Å². The predicted molar refractivity (Wildman–Crippen MR) is 129 cm³/mol. The molecule has 0 radical (unpaired) electrons. The Bertz CT molecular complexity index is 1080. The van der Waals surface area contributed by atoms with E-state index in [-0.39, 0.29) is 6.04 Å². The molecule has 3 aromatic carbocycles. The molecule has 0 saturated heterocycles. The molecule has 0 aromatic heterocycles. The predicted octanol–water partition coefficient (Wildman–Crippen LogP) is 3.61. The Labute approximate surface area is 188 Å². The van der Waals surface area contributed by atoms with E-state index in [1.165, 1.54) is 11.3 Å². The first-order valence-corrected chi connectivity index (χ1v) is 10.8. The number of benzene rings is 3. The highest BCUT2D eigenvalue weighted by Gasteiger charge is 2.28. The van der Waals surface area contributed by atoms with Crippen molar-refractivity contribution in [2.45, 2.75) is 12.5 Å². The summed E-state index contributed by atoms with van der Waals surface area (Å²) in [6.45, 7) is 1.20. The second kappa shape index (κ2) is 9.56. The van der Waals surface area contributed by atoms with Gasteiger partial charge in [0.2, 0.25) is 0 Å². The van der Waals surface area contributed by atoms with Crippen molar-refractivity contribution in [1.82, 2.24) is 5.32 Å². The minimum absolute atomic E-state index is 0.0802. The number of anilines is 3. The number of para-hydroxylation sites is 2. The minimum atomic E-state index is -0.667. The van der Waals surface area contributed by atoms with Crippen LogP contribution >= 0.6 is 0 Å². The van der Waals surface area contributed by atoms with Crippen molar-refractivity contribution in [3.8, 4) is 0 Å². The number of carbonyl (C=O) groups excluding carboxylic acids is 2. The first-order chi connectivity index (χ1) is 15.5. The molecular formula is C26H28N4O2. The monoisotopic (exact) mass is 428 g/mol. The number of hydrogen-bond donors (Lipinski definition) is 2.